The fraction of sp³-hybridized carbons (Fsp3) is 0. The van der Waals surface area contributed by atoms with Crippen LogP contribution in [0.5, 0.6) is 0 Å². The number of rotatable bonds is 1. The van der Waals surface area contributed by atoms with E-state index in [1.165, 1.54) is 0 Å². The lowest BCUT2D eigenvalue weighted by Crippen LogP contribution is -1.91. The number of anilines is 1. The summed E-state index contributed by atoms with van der Waals surface area (Å²) < 4.78 is 0. The summed E-state index contributed by atoms with van der Waals surface area (Å²) in [6, 6.07) is 8.76. The maximum Gasteiger partial charge on any atom is 0.124 e. The second kappa shape index (κ2) is 4.50. The lowest BCUT2D eigenvalue weighted by molar-refractivity contribution is 1.33. The summed E-state index contributed by atoms with van der Waals surface area (Å²) in [6.45, 7) is 0. The quantitative estimate of drug-likeness (QED) is 0.787. The summed E-state index contributed by atoms with van der Waals surface area (Å²) in [6.07, 6.45) is 0. The minimum Gasteiger partial charge on any atom is -0.384 e. The number of hydrogen-bond donors (Lipinski definition) is 1. The Morgan fingerprint density at radius 2 is 1.62 bits per heavy atom. The minimum atomic E-state index is 0.344. The van der Waals surface area contributed by atoms with Gasteiger partial charge in [0.1, 0.15) is 5.82 Å². The lowest BCUT2D eigenvalue weighted by Gasteiger charge is -2.05. The topological polar surface area (TPSA) is 38.9 Å². The zero-order chi connectivity index (χ0) is 11.7. The molecule has 2 N–H and O–H groups in total. The Morgan fingerprint density at radius 1 is 1.00 bits per heavy atom. The summed E-state index contributed by atoms with van der Waals surface area (Å²) >= 11 is 17.7. The van der Waals surface area contributed by atoms with Crippen LogP contribution in [0.3, 0.4) is 0 Å². The van der Waals surface area contributed by atoms with E-state index >= 15 is 0 Å². The number of halogens is 3. The normalized spacial score (nSPS) is 10.4. The molecule has 1 heterocycles. The molecule has 0 amide bonds. The van der Waals surface area contributed by atoms with Crippen LogP contribution >= 0.6 is 34.8 Å². The van der Waals surface area contributed by atoms with E-state index in [0.717, 1.165) is 5.56 Å². The van der Waals surface area contributed by atoms with Crippen LogP contribution in [0.15, 0.2) is 30.3 Å². The second-order valence-electron chi connectivity index (χ2n) is 3.20. The van der Waals surface area contributed by atoms with Gasteiger partial charge in [0.25, 0.3) is 0 Å². The number of hydrogen-bond acceptors (Lipinski definition) is 2. The molecule has 0 bridgehead atoms. The molecule has 0 spiro atoms. The highest BCUT2D eigenvalue weighted by molar-refractivity contribution is 6.48. The lowest BCUT2D eigenvalue weighted by atomic mass is 10.1. The van der Waals surface area contributed by atoms with Crippen molar-refractivity contribution in [1.29, 1.82) is 0 Å². The molecule has 0 aliphatic heterocycles. The molecule has 1 aromatic carbocycles. The Hall–Kier alpha value is -0.960. The summed E-state index contributed by atoms with van der Waals surface area (Å²) in [7, 11) is 0. The molecule has 0 saturated heterocycles. The Bertz CT molecular complexity index is 517. The van der Waals surface area contributed by atoms with Crippen molar-refractivity contribution < 1.29 is 0 Å². The number of nitrogen functional groups attached to an aromatic ring is 1. The molecule has 0 aliphatic rings. The van der Waals surface area contributed by atoms with Crippen LogP contribution in [0.25, 0.3) is 11.3 Å². The van der Waals surface area contributed by atoms with Gasteiger partial charge < -0.3 is 5.73 Å². The van der Waals surface area contributed by atoms with E-state index in [9.17, 15) is 0 Å². The van der Waals surface area contributed by atoms with Gasteiger partial charge in [-0.2, -0.15) is 0 Å². The fourth-order valence-corrected chi connectivity index (χ4v) is 1.91. The maximum absolute atomic E-state index is 5.93. The van der Waals surface area contributed by atoms with Gasteiger partial charge in [-0.15, -0.1) is 0 Å². The highest BCUT2D eigenvalue weighted by Crippen LogP contribution is 2.34. The zero-order valence-corrected chi connectivity index (χ0v) is 10.3. The van der Waals surface area contributed by atoms with Gasteiger partial charge in [0.2, 0.25) is 0 Å². The van der Waals surface area contributed by atoms with Crippen molar-refractivity contribution in [3.05, 3.63) is 45.4 Å². The third-order valence-electron chi connectivity index (χ3n) is 2.05. The first-order valence-electron chi connectivity index (χ1n) is 4.45. The molecule has 1 aromatic heterocycles. The van der Waals surface area contributed by atoms with Crippen molar-refractivity contribution in [2.45, 2.75) is 0 Å². The van der Waals surface area contributed by atoms with Gasteiger partial charge in [-0.25, -0.2) is 4.98 Å². The fourth-order valence-electron chi connectivity index (χ4n) is 1.32. The standard InChI is InChI=1S/C11H7Cl3N2/c12-7-4-6(5-8(13)11(7)14)9-2-1-3-10(15)16-9/h1-5H,(H2,15,16). The first-order chi connectivity index (χ1) is 7.58. The predicted octanol–water partition coefficient (Wildman–Crippen LogP) is 4.29. The molecule has 0 saturated carbocycles. The molecule has 2 nitrogen and oxygen atoms in total. The molecule has 0 radical (unpaired) electrons. The second-order valence-corrected chi connectivity index (χ2v) is 4.39. The van der Waals surface area contributed by atoms with Crippen molar-refractivity contribution in [2.24, 2.45) is 0 Å². The van der Waals surface area contributed by atoms with Crippen LogP contribution in [0.4, 0.5) is 5.82 Å². The SMILES string of the molecule is Nc1cccc(-c2cc(Cl)c(Cl)c(Cl)c2)n1. The molecule has 0 fully saturated rings. The van der Waals surface area contributed by atoms with E-state index in [4.69, 9.17) is 40.5 Å². The number of pyridine rings is 1. The zero-order valence-electron chi connectivity index (χ0n) is 8.05. The molecule has 5 heteroatoms. The van der Waals surface area contributed by atoms with E-state index < -0.39 is 0 Å². The van der Waals surface area contributed by atoms with Crippen molar-refractivity contribution >= 4 is 40.6 Å². The average Bonchev–Trinajstić information content (AvgIpc) is 2.25. The summed E-state index contributed by atoms with van der Waals surface area (Å²) in [5.74, 6) is 0.444. The van der Waals surface area contributed by atoms with Crippen molar-refractivity contribution in [3.8, 4) is 11.3 Å². The van der Waals surface area contributed by atoms with Gasteiger partial charge >= 0.3 is 0 Å². The molecule has 82 valence electrons. The third kappa shape index (κ3) is 2.24. The Balaban J connectivity index is 2.57. The molecule has 2 aromatic rings. The highest BCUT2D eigenvalue weighted by Gasteiger charge is 2.08. The summed E-state index contributed by atoms with van der Waals surface area (Å²) in [4.78, 5) is 4.17. The van der Waals surface area contributed by atoms with Crippen LogP contribution in [0, 0.1) is 0 Å². The van der Waals surface area contributed by atoms with Crippen molar-refractivity contribution in [2.75, 3.05) is 5.73 Å². The monoisotopic (exact) mass is 272 g/mol. The molecule has 0 aliphatic carbocycles. The predicted molar refractivity (Wildman–Crippen MR) is 69.1 cm³/mol. The van der Waals surface area contributed by atoms with E-state index in [-0.39, 0.29) is 0 Å². The van der Waals surface area contributed by atoms with Crippen LogP contribution in [-0.4, -0.2) is 4.98 Å². The van der Waals surface area contributed by atoms with E-state index in [0.29, 0.717) is 26.6 Å². The van der Waals surface area contributed by atoms with Gasteiger partial charge in [0.05, 0.1) is 20.8 Å². The first kappa shape index (κ1) is 11.5. The first-order valence-corrected chi connectivity index (χ1v) is 5.59. The van der Waals surface area contributed by atoms with Crippen LogP contribution < -0.4 is 5.73 Å². The van der Waals surface area contributed by atoms with Gasteiger partial charge in [-0.05, 0) is 24.3 Å². The Morgan fingerprint density at radius 3 is 2.19 bits per heavy atom. The largest absolute Gasteiger partial charge is 0.384 e. The van der Waals surface area contributed by atoms with Gasteiger partial charge in [-0.1, -0.05) is 40.9 Å². The van der Waals surface area contributed by atoms with Gasteiger partial charge in [0.15, 0.2) is 0 Å². The minimum absolute atomic E-state index is 0.344. The molecular formula is C11H7Cl3N2. The Labute approximate surface area is 108 Å². The van der Waals surface area contributed by atoms with Crippen LogP contribution in [-0.2, 0) is 0 Å². The number of aromatic nitrogens is 1. The number of benzene rings is 1. The van der Waals surface area contributed by atoms with Crippen LogP contribution in [0.1, 0.15) is 0 Å². The van der Waals surface area contributed by atoms with E-state index in [2.05, 4.69) is 4.98 Å². The smallest absolute Gasteiger partial charge is 0.124 e. The molecule has 16 heavy (non-hydrogen) atoms. The maximum atomic E-state index is 5.93. The molecule has 0 unspecified atom stereocenters. The summed E-state index contributed by atoms with van der Waals surface area (Å²) in [5.41, 5.74) is 7.09. The van der Waals surface area contributed by atoms with E-state index in [1.54, 1.807) is 18.2 Å². The van der Waals surface area contributed by atoms with Crippen LogP contribution in [0.2, 0.25) is 15.1 Å². The average molecular weight is 274 g/mol. The third-order valence-corrected chi connectivity index (χ3v) is 3.25. The number of nitrogens with two attached hydrogens (primary N) is 1. The highest BCUT2D eigenvalue weighted by atomic mass is 35.5. The van der Waals surface area contributed by atoms with Crippen molar-refractivity contribution in [1.82, 2.24) is 4.98 Å². The molecular weight excluding hydrogens is 266 g/mol. The van der Waals surface area contributed by atoms with E-state index in [1.807, 2.05) is 12.1 Å². The Kier molecular flexibility index (Phi) is 3.24. The van der Waals surface area contributed by atoms with Gasteiger partial charge in [0, 0.05) is 5.56 Å². The molecule has 2 rings (SSSR count). The van der Waals surface area contributed by atoms with Crippen molar-refractivity contribution in [3.63, 3.8) is 0 Å². The summed E-state index contributed by atoms with van der Waals surface area (Å²) in [5, 5.41) is 1.14. The van der Waals surface area contributed by atoms with Gasteiger partial charge in [-0.3, -0.25) is 0 Å². The molecule has 0 atom stereocenters. The number of nitrogens with zero attached hydrogens (tertiary/aromatic N) is 1.